The van der Waals surface area contributed by atoms with Crippen molar-refractivity contribution >= 4 is 0 Å². The van der Waals surface area contributed by atoms with E-state index in [1.54, 1.807) is 0 Å². The zero-order chi connectivity index (χ0) is 27.5. The van der Waals surface area contributed by atoms with Gasteiger partial charge >= 0.3 is 0 Å². The predicted molar refractivity (Wildman–Crippen MR) is 167 cm³/mol. The molecular formula is C37H63N. The van der Waals surface area contributed by atoms with Gasteiger partial charge in [-0.05, 0) is 136 Å². The van der Waals surface area contributed by atoms with E-state index in [-0.39, 0.29) is 0 Å². The molecule has 0 N–H and O–H groups in total. The molecule has 0 heterocycles. The second-order valence-electron chi connectivity index (χ2n) is 15.0. The molecule has 3 saturated carbocycles. The van der Waals surface area contributed by atoms with Crippen LogP contribution in [0, 0.1) is 52.3 Å². The average Bonchev–Trinajstić information content (AvgIpc) is 3.25. The first kappa shape index (κ1) is 30.1. The van der Waals surface area contributed by atoms with Crippen LogP contribution in [0.5, 0.6) is 0 Å². The van der Waals surface area contributed by atoms with Crippen LogP contribution in [0.1, 0.15) is 126 Å². The normalized spacial score (nSPS) is 36.6. The number of unbranched alkanes of at least 4 members (excludes halogenated alkanes) is 1. The van der Waals surface area contributed by atoms with Crippen LogP contribution in [0.15, 0.2) is 35.5 Å². The van der Waals surface area contributed by atoms with Gasteiger partial charge in [-0.3, -0.25) is 0 Å². The van der Waals surface area contributed by atoms with E-state index in [9.17, 15) is 0 Å². The lowest BCUT2D eigenvalue weighted by molar-refractivity contribution is 0.0520. The van der Waals surface area contributed by atoms with Crippen LogP contribution >= 0.6 is 0 Å². The van der Waals surface area contributed by atoms with Gasteiger partial charge in [0, 0.05) is 0 Å². The third kappa shape index (κ3) is 6.09. The summed E-state index contributed by atoms with van der Waals surface area (Å²) >= 11 is 0. The zero-order valence-electron chi connectivity index (χ0n) is 26.7. The van der Waals surface area contributed by atoms with Gasteiger partial charge in [0.15, 0.2) is 0 Å². The summed E-state index contributed by atoms with van der Waals surface area (Å²) in [5.74, 6) is 5.50. The smallest absolute Gasteiger partial charge is 0.00160 e. The average molecular weight is 522 g/mol. The number of hydrogen-bond donors (Lipinski definition) is 0. The number of fused-ring (bicyclic) bond motifs is 5. The molecule has 216 valence electrons. The molecule has 0 saturated heterocycles. The minimum absolute atomic E-state index is 0.434. The first-order valence-corrected chi connectivity index (χ1v) is 17.0. The molecule has 38 heavy (non-hydrogen) atoms. The molecule has 0 radical (unpaired) electrons. The van der Waals surface area contributed by atoms with Gasteiger partial charge in [-0.2, -0.15) is 0 Å². The van der Waals surface area contributed by atoms with Crippen LogP contribution in [-0.4, -0.2) is 24.5 Å². The van der Waals surface area contributed by atoms with Crippen LogP contribution in [-0.2, 0) is 0 Å². The molecule has 0 bridgehead atoms. The third-order valence-electron chi connectivity index (χ3n) is 12.4. The van der Waals surface area contributed by atoms with E-state index in [2.05, 4.69) is 84.6 Å². The maximum absolute atomic E-state index is 2.75. The Kier molecular flexibility index (Phi) is 10.1. The van der Waals surface area contributed by atoms with Gasteiger partial charge in [0.05, 0.1) is 0 Å². The topological polar surface area (TPSA) is 3.24 Å². The van der Waals surface area contributed by atoms with E-state index >= 15 is 0 Å². The quantitative estimate of drug-likeness (QED) is 0.231. The van der Waals surface area contributed by atoms with E-state index in [0.29, 0.717) is 22.7 Å². The summed E-state index contributed by atoms with van der Waals surface area (Å²) in [5, 5.41) is 0. The summed E-state index contributed by atoms with van der Waals surface area (Å²) in [6.07, 6.45) is 25.8. The fraction of sp³-hybridized carbons (Fsp3) is 0.838. The van der Waals surface area contributed by atoms with Crippen molar-refractivity contribution in [1.82, 2.24) is 4.90 Å². The van der Waals surface area contributed by atoms with Crippen molar-refractivity contribution in [3.05, 3.63) is 35.5 Å². The molecule has 8 unspecified atom stereocenters. The van der Waals surface area contributed by atoms with Gasteiger partial charge in [-0.25, -0.2) is 0 Å². The van der Waals surface area contributed by atoms with Crippen molar-refractivity contribution in [3.63, 3.8) is 0 Å². The zero-order valence-corrected chi connectivity index (χ0v) is 26.7. The Balaban J connectivity index is 1.43. The number of hydrogen-bond acceptors (Lipinski definition) is 1. The number of rotatable bonds is 12. The Morgan fingerprint density at radius 2 is 1.66 bits per heavy atom. The summed E-state index contributed by atoms with van der Waals surface area (Å²) in [4.78, 5) is 2.75. The highest BCUT2D eigenvalue weighted by Crippen LogP contribution is 2.66. The summed E-state index contributed by atoms with van der Waals surface area (Å²) < 4.78 is 0. The van der Waals surface area contributed by atoms with Crippen LogP contribution in [0.2, 0.25) is 0 Å². The Bertz CT molecular complexity index is 862. The lowest BCUT2D eigenvalue weighted by Crippen LogP contribution is -2.46. The predicted octanol–water partition coefficient (Wildman–Crippen LogP) is 10.5. The lowest BCUT2D eigenvalue weighted by Gasteiger charge is -2.55. The highest BCUT2D eigenvalue weighted by Gasteiger charge is 2.56. The second kappa shape index (κ2) is 12.8. The summed E-state index contributed by atoms with van der Waals surface area (Å²) in [7, 11) is 0. The first-order chi connectivity index (χ1) is 18.1. The molecule has 4 aliphatic carbocycles. The van der Waals surface area contributed by atoms with Gasteiger partial charge in [-0.15, -0.1) is 0 Å². The summed E-state index contributed by atoms with van der Waals surface area (Å²) in [5.41, 5.74) is 4.61. The Labute approximate surface area is 238 Å². The molecule has 0 aromatic carbocycles. The Morgan fingerprint density at radius 3 is 2.37 bits per heavy atom. The van der Waals surface area contributed by atoms with Crippen LogP contribution in [0.4, 0.5) is 0 Å². The molecule has 0 aliphatic heterocycles. The molecule has 0 aromatic rings. The summed E-state index contributed by atoms with van der Waals surface area (Å²) in [6, 6.07) is 0. The van der Waals surface area contributed by atoms with Gasteiger partial charge in [0.25, 0.3) is 0 Å². The van der Waals surface area contributed by atoms with E-state index < -0.39 is 0 Å². The summed E-state index contributed by atoms with van der Waals surface area (Å²) in [6.45, 7) is 23.5. The molecule has 4 aliphatic rings. The fourth-order valence-electron chi connectivity index (χ4n) is 9.33. The number of allylic oxidation sites excluding steroid dienone is 6. The van der Waals surface area contributed by atoms with Gasteiger partial charge in [0.2, 0.25) is 0 Å². The SMILES string of the molecule is CCCCN(CCC)CCC1CCC2(C)C(=CC=C3C2CCC2(C)C3CCC2C(C)/C=C/C(C)C(C)C)C1. The van der Waals surface area contributed by atoms with E-state index in [1.165, 1.54) is 90.3 Å². The minimum atomic E-state index is 0.434. The molecule has 8 atom stereocenters. The minimum Gasteiger partial charge on any atom is -0.303 e. The van der Waals surface area contributed by atoms with Gasteiger partial charge < -0.3 is 4.90 Å². The molecule has 1 heteroatoms. The Hall–Kier alpha value is -0.820. The van der Waals surface area contributed by atoms with Crippen molar-refractivity contribution < 1.29 is 0 Å². The third-order valence-corrected chi connectivity index (χ3v) is 12.4. The van der Waals surface area contributed by atoms with Crippen molar-refractivity contribution in [3.8, 4) is 0 Å². The molecular weight excluding hydrogens is 458 g/mol. The molecule has 1 nitrogen and oxygen atoms in total. The number of nitrogens with zero attached hydrogens (tertiary/aromatic N) is 1. The van der Waals surface area contributed by atoms with E-state index in [1.807, 2.05) is 11.1 Å². The van der Waals surface area contributed by atoms with Gasteiger partial charge in [0.1, 0.15) is 0 Å². The van der Waals surface area contributed by atoms with E-state index in [0.717, 1.165) is 29.6 Å². The van der Waals surface area contributed by atoms with Crippen LogP contribution in [0.3, 0.4) is 0 Å². The lowest BCUT2D eigenvalue weighted by atomic mass is 9.49. The first-order valence-electron chi connectivity index (χ1n) is 17.0. The maximum Gasteiger partial charge on any atom is -0.00160 e. The van der Waals surface area contributed by atoms with E-state index in [4.69, 9.17) is 0 Å². The molecule has 0 aromatic heterocycles. The Morgan fingerprint density at radius 1 is 0.868 bits per heavy atom. The van der Waals surface area contributed by atoms with Crippen LogP contribution < -0.4 is 0 Å². The molecule has 4 rings (SSSR count). The molecule has 0 amide bonds. The van der Waals surface area contributed by atoms with Crippen molar-refractivity contribution in [2.75, 3.05) is 19.6 Å². The van der Waals surface area contributed by atoms with Crippen LogP contribution in [0.25, 0.3) is 0 Å². The maximum atomic E-state index is 2.75. The van der Waals surface area contributed by atoms with Gasteiger partial charge in [-0.1, -0.05) is 97.3 Å². The molecule has 3 fully saturated rings. The van der Waals surface area contributed by atoms with Crippen molar-refractivity contribution in [2.45, 2.75) is 126 Å². The fourth-order valence-corrected chi connectivity index (χ4v) is 9.33. The van der Waals surface area contributed by atoms with Crippen molar-refractivity contribution in [1.29, 1.82) is 0 Å². The second-order valence-corrected chi connectivity index (χ2v) is 15.0. The largest absolute Gasteiger partial charge is 0.303 e. The molecule has 0 spiro atoms. The van der Waals surface area contributed by atoms with Crippen molar-refractivity contribution in [2.24, 2.45) is 52.3 Å². The highest BCUT2D eigenvalue weighted by molar-refractivity contribution is 5.38. The monoisotopic (exact) mass is 521 g/mol. The standard InChI is InChI=1S/C37H63N/c1-9-11-24-38(23-10-2)25-20-30-18-21-36(7)31(26-30)14-15-32-34-17-16-33(37(34,8)22-19-35(32)36)29(6)13-12-28(5)27(3)4/h12-15,27-30,33-35H,9-11,16-26H2,1-8H3/b13-12+. The highest BCUT2D eigenvalue weighted by atomic mass is 15.1.